The largest absolute Gasteiger partial charge is 0.491 e. The number of hydrogen-bond acceptors (Lipinski definition) is 21. The SMILES string of the molecule is Cc1nnc(-c2ccc(OCCOCCOCCOCCNC(=O)CCOCCOCCOCCOCCOCCOCCOCCOCCN3C(=O)C(Sc4ccccc4)=C(Sc4ccccc4)C3=O)cc2)nn1. The zero-order valence-electron chi connectivity index (χ0n) is 42.6. The van der Waals surface area contributed by atoms with Crippen LogP contribution in [0.2, 0.25) is 0 Å². The number of benzene rings is 3. The number of rotatable bonds is 45. The second-order valence-corrected chi connectivity index (χ2v) is 17.9. The Morgan fingerprint density at radius 3 is 1.25 bits per heavy atom. The number of hydrogen-bond donors (Lipinski definition) is 1. The van der Waals surface area contributed by atoms with E-state index in [1.807, 2.05) is 84.9 Å². The molecule has 4 aromatic rings. The molecule has 3 aromatic carbocycles. The van der Waals surface area contributed by atoms with E-state index in [9.17, 15) is 14.4 Å². The Morgan fingerprint density at radius 1 is 0.453 bits per heavy atom. The Labute approximate surface area is 447 Å². The van der Waals surface area contributed by atoms with Crippen molar-refractivity contribution in [1.82, 2.24) is 30.6 Å². The maximum atomic E-state index is 13.4. The number of ether oxygens (including phenoxy) is 12. The predicted octanol–water partition coefficient (Wildman–Crippen LogP) is 4.47. The molecular formula is C52H70N6O15S2. The molecule has 0 spiro atoms. The van der Waals surface area contributed by atoms with Crippen molar-refractivity contribution in [2.75, 3.05) is 165 Å². The average Bonchev–Trinajstić information content (AvgIpc) is 3.64. The molecule has 0 aliphatic carbocycles. The number of nitrogens with one attached hydrogen (secondary N) is 1. The summed E-state index contributed by atoms with van der Waals surface area (Å²) < 4.78 is 66.6. The van der Waals surface area contributed by atoms with E-state index in [0.717, 1.165) is 15.4 Å². The second-order valence-electron chi connectivity index (χ2n) is 15.7. The lowest BCUT2D eigenvalue weighted by Gasteiger charge is -2.15. The third-order valence-electron chi connectivity index (χ3n) is 10.0. The van der Waals surface area contributed by atoms with Crippen LogP contribution in [0, 0.1) is 6.92 Å². The molecular weight excluding hydrogens is 1010 g/mol. The maximum absolute atomic E-state index is 13.4. The maximum Gasteiger partial charge on any atom is 0.268 e. The summed E-state index contributed by atoms with van der Waals surface area (Å²) in [7, 11) is 0. The lowest BCUT2D eigenvalue weighted by Crippen LogP contribution is -2.34. The molecule has 0 bridgehead atoms. The first-order valence-corrected chi connectivity index (χ1v) is 26.6. The monoisotopic (exact) mass is 1080 g/mol. The summed E-state index contributed by atoms with van der Waals surface area (Å²) in [4.78, 5) is 42.6. The van der Waals surface area contributed by atoms with Gasteiger partial charge in [-0.05, 0) is 55.5 Å². The van der Waals surface area contributed by atoms with Crippen LogP contribution in [-0.4, -0.2) is 208 Å². The number of nitrogens with zero attached hydrogens (tertiary/aromatic N) is 5. The highest BCUT2D eigenvalue weighted by Crippen LogP contribution is 2.42. The molecule has 1 aromatic heterocycles. The molecule has 21 nitrogen and oxygen atoms in total. The van der Waals surface area contributed by atoms with Crippen LogP contribution in [0.25, 0.3) is 11.4 Å². The van der Waals surface area contributed by atoms with Crippen LogP contribution >= 0.6 is 23.5 Å². The van der Waals surface area contributed by atoms with Crippen LogP contribution in [0.3, 0.4) is 0 Å². The topological polar surface area (TPSA) is 229 Å². The first-order valence-electron chi connectivity index (χ1n) is 24.9. The molecule has 0 radical (unpaired) electrons. The average molecular weight is 1080 g/mol. The number of carbonyl (C=O) groups excluding carboxylic acids is 3. The third kappa shape index (κ3) is 26.6. The Bertz CT molecular complexity index is 2130. The number of aromatic nitrogens is 4. The lowest BCUT2D eigenvalue weighted by atomic mass is 10.2. The Hall–Kier alpha value is -4.99. The summed E-state index contributed by atoms with van der Waals surface area (Å²) >= 11 is 2.61. The molecule has 1 N–H and O–H groups in total. The van der Waals surface area contributed by atoms with Gasteiger partial charge in [0.25, 0.3) is 11.8 Å². The zero-order valence-corrected chi connectivity index (χ0v) is 44.3. The highest BCUT2D eigenvalue weighted by molar-refractivity contribution is 8.08. The summed E-state index contributed by atoms with van der Waals surface area (Å²) in [6, 6.07) is 26.5. The normalized spacial score (nSPS) is 12.6. The van der Waals surface area contributed by atoms with E-state index in [-0.39, 0.29) is 37.3 Å². The van der Waals surface area contributed by atoms with Crippen LogP contribution in [0.15, 0.2) is 105 Å². The van der Waals surface area contributed by atoms with Gasteiger partial charge in [0.05, 0.1) is 162 Å². The predicted molar refractivity (Wildman–Crippen MR) is 278 cm³/mol. The molecule has 23 heteroatoms. The lowest BCUT2D eigenvalue weighted by molar-refractivity contribution is -0.138. The van der Waals surface area contributed by atoms with Crippen molar-refractivity contribution in [3.05, 3.63) is 101 Å². The van der Waals surface area contributed by atoms with Gasteiger partial charge >= 0.3 is 0 Å². The van der Waals surface area contributed by atoms with E-state index < -0.39 is 0 Å². The minimum Gasteiger partial charge on any atom is -0.491 e. The first kappa shape index (κ1) is 60.9. The van der Waals surface area contributed by atoms with Crippen molar-refractivity contribution < 1.29 is 71.2 Å². The molecule has 0 atom stereocenters. The van der Waals surface area contributed by atoms with Crippen molar-refractivity contribution in [3.63, 3.8) is 0 Å². The molecule has 5 rings (SSSR count). The standard InChI is InChI=1S/C52H70N6O15S2/c1-42-54-56-50(57-55-42)43-12-14-44(15-13-43)73-41-40-72-39-38-66-26-23-63-20-17-53-47(59)16-19-62-22-25-65-28-30-68-32-34-70-36-37-71-35-33-69-31-29-67-27-24-64-21-18-58-51(60)48(74-45-8-4-2-5-9-45)49(52(58)61)75-46-10-6-3-7-11-46/h2-15H,16-41H2,1H3,(H,53,59). The van der Waals surface area contributed by atoms with Crippen LogP contribution in [0.5, 0.6) is 5.75 Å². The smallest absolute Gasteiger partial charge is 0.268 e. The quantitative estimate of drug-likeness (QED) is 0.0476. The molecule has 0 saturated carbocycles. The molecule has 75 heavy (non-hydrogen) atoms. The van der Waals surface area contributed by atoms with Crippen molar-refractivity contribution in [3.8, 4) is 17.1 Å². The van der Waals surface area contributed by atoms with E-state index in [0.29, 0.717) is 179 Å². The summed E-state index contributed by atoms with van der Waals surface area (Å²) in [5, 5.41) is 18.7. The van der Waals surface area contributed by atoms with Crippen LogP contribution in [0.4, 0.5) is 0 Å². The van der Waals surface area contributed by atoms with E-state index in [1.54, 1.807) is 6.92 Å². The Balaban J connectivity index is 0.687. The second kappa shape index (κ2) is 39.4. The molecule has 0 unspecified atom stereocenters. The van der Waals surface area contributed by atoms with E-state index >= 15 is 0 Å². The summed E-state index contributed by atoms with van der Waals surface area (Å²) in [6.07, 6.45) is 0.251. The Kier molecular flexibility index (Phi) is 32.0. The van der Waals surface area contributed by atoms with Gasteiger partial charge in [-0.25, -0.2) is 0 Å². The van der Waals surface area contributed by atoms with Gasteiger partial charge in [0.15, 0.2) is 5.82 Å². The van der Waals surface area contributed by atoms with Crippen molar-refractivity contribution >= 4 is 41.2 Å². The van der Waals surface area contributed by atoms with Crippen molar-refractivity contribution in [1.29, 1.82) is 0 Å². The summed E-state index contributed by atoms with van der Waals surface area (Å²) in [5.74, 6) is 0.953. The highest BCUT2D eigenvalue weighted by atomic mass is 32.2. The van der Waals surface area contributed by atoms with Crippen molar-refractivity contribution in [2.45, 2.75) is 23.1 Å². The summed E-state index contributed by atoms with van der Waals surface area (Å²) in [5.41, 5.74) is 0.805. The molecule has 1 aliphatic rings. The minimum atomic E-state index is -0.312. The van der Waals surface area contributed by atoms with Gasteiger partial charge in [-0.15, -0.1) is 20.4 Å². The fraction of sp³-hybridized carbons (Fsp3) is 0.519. The molecule has 0 saturated heterocycles. The van der Waals surface area contributed by atoms with Crippen LogP contribution in [0.1, 0.15) is 12.2 Å². The van der Waals surface area contributed by atoms with E-state index in [4.69, 9.17) is 56.8 Å². The number of carbonyl (C=O) groups is 3. The van der Waals surface area contributed by atoms with Gasteiger partial charge in [0, 0.05) is 28.3 Å². The fourth-order valence-corrected chi connectivity index (χ4v) is 8.36. The summed E-state index contributed by atoms with van der Waals surface area (Å²) in [6.45, 7) is 11.5. The van der Waals surface area contributed by atoms with Gasteiger partial charge in [0.2, 0.25) is 11.7 Å². The first-order chi connectivity index (χ1) is 37.0. The fourth-order valence-electron chi connectivity index (χ4n) is 6.30. The third-order valence-corrected chi connectivity index (χ3v) is 12.4. The molecule has 3 amide bonds. The molecule has 410 valence electrons. The van der Waals surface area contributed by atoms with Gasteiger partial charge in [-0.3, -0.25) is 19.3 Å². The zero-order chi connectivity index (χ0) is 52.6. The van der Waals surface area contributed by atoms with E-state index in [1.165, 1.54) is 28.4 Å². The van der Waals surface area contributed by atoms with E-state index in [2.05, 4.69) is 25.7 Å². The molecule has 2 heterocycles. The van der Waals surface area contributed by atoms with Gasteiger partial charge in [0.1, 0.15) is 12.4 Å². The van der Waals surface area contributed by atoms with Gasteiger partial charge in [-0.2, -0.15) is 0 Å². The molecule has 0 fully saturated rings. The Morgan fingerprint density at radius 2 is 0.827 bits per heavy atom. The van der Waals surface area contributed by atoms with Crippen LogP contribution < -0.4 is 10.1 Å². The number of amides is 3. The molecule has 1 aliphatic heterocycles. The van der Waals surface area contributed by atoms with Crippen molar-refractivity contribution in [2.24, 2.45) is 0 Å². The number of thioether (sulfide) groups is 2. The van der Waals surface area contributed by atoms with Crippen LogP contribution in [-0.2, 0) is 66.5 Å². The minimum absolute atomic E-state index is 0.109. The van der Waals surface area contributed by atoms with Gasteiger partial charge < -0.3 is 62.2 Å². The number of imide groups is 1. The number of aryl methyl sites for hydroxylation is 1. The van der Waals surface area contributed by atoms with Gasteiger partial charge in [-0.1, -0.05) is 59.9 Å². The highest BCUT2D eigenvalue weighted by Gasteiger charge is 2.39.